The van der Waals surface area contributed by atoms with Gasteiger partial charge in [-0.1, -0.05) is 30.3 Å². The van der Waals surface area contributed by atoms with Gasteiger partial charge in [-0.15, -0.1) is 0 Å². The van der Waals surface area contributed by atoms with E-state index < -0.39 is 0 Å². The maximum absolute atomic E-state index is 11.5. The fourth-order valence-corrected chi connectivity index (χ4v) is 3.25. The summed E-state index contributed by atoms with van der Waals surface area (Å²) in [5.41, 5.74) is 1.89. The molecule has 0 atom stereocenters. The van der Waals surface area contributed by atoms with Crippen molar-refractivity contribution >= 4 is 11.4 Å². The van der Waals surface area contributed by atoms with Crippen molar-refractivity contribution in [2.75, 3.05) is 45.3 Å². The topological polar surface area (TPSA) is 68.1 Å². The highest BCUT2D eigenvalue weighted by Crippen LogP contribution is 2.39. The summed E-state index contributed by atoms with van der Waals surface area (Å²) in [6, 6.07) is 13.5. The first-order chi connectivity index (χ1) is 12.6. The summed E-state index contributed by atoms with van der Waals surface area (Å²) in [7, 11) is 3.01. The predicted molar refractivity (Wildman–Crippen MR) is 100 cm³/mol. The summed E-state index contributed by atoms with van der Waals surface area (Å²) >= 11 is 0. The molecule has 0 bridgehead atoms. The Morgan fingerprint density at radius 1 is 1.00 bits per heavy atom. The van der Waals surface area contributed by atoms with Crippen molar-refractivity contribution in [1.82, 2.24) is 4.90 Å². The summed E-state index contributed by atoms with van der Waals surface area (Å²) in [6.45, 7) is 4.04. The minimum absolute atomic E-state index is 0.0409. The van der Waals surface area contributed by atoms with Crippen LogP contribution in [-0.4, -0.2) is 50.2 Å². The molecule has 0 saturated carbocycles. The number of ether oxygens (including phenoxy) is 2. The highest BCUT2D eigenvalue weighted by molar-refractivity contribution is 5.70. The number of hydrogen-bond acceptors (Lipinski definition) is 6. The zero-order valence-electron chi connectivity index (χ0n) is 15.1. The standard InChI is InChI=1S/C19H23N3O4/c1-25-18-12-16(17(22(23)24)13-19(18)26-2)21-10-8-20(9-11-21)14-15-6-4-3-5-7-15/h3-7,12-13H,8-11,14H2,1-2H3. The lowest BCUT2D eigenvalue weighted by molar-refractivity contribution is -0.384. The fourth-order valence-electron chi connectivity index (χ4n) is 3.25. The van der Waals surface area contributed by atoms with Crippen LogP contribution in [0, 0.1) is 10.1 Å². The van der Waals surface area contributed by atoms with E-state index in [1.54, 1.807) is 6.07 Å². The second-order valence-electron chi connectivity index (χ2n) is 6.20. The van der Waals surface area contributed by atoms with E-state index in [0.717, 1.165) is 32.7 Å². The Kier molecular flexibility index (Phi) is 5.58. The molecule has 1 saturated heterocycles. The van der Waals surface area contributed by atoms with Crippen molar-refractivity contribution in [2.45, 2.75) is 6.54 Å². The van der Waals surface area contributed by atoms with Gasteiger partial charge in [-0.3, -0.25) is 15.0 Å². The number of nitro benzene ring substituents is 1. The van der Waals surface area contributed by atoms with E-state index in [4.69, 9.17) is 9.47 Å². The molecule has 1 aliphatic heterocycles. The van der Waals surface area contributed by atoms with E-state index in [1.165, 1.54) is 25.8 Å². The number of hydrogen-bond donors (Lipinski definition) is 0. The van der Waals surface area contributed by atoms with Crippen LogP contribution in [0.3, 0.4) is 0 Å². The molecule has 3 rings (SSSR count). The maximum Gasteiger partial charge on any atom is 0.296 e. The Balaban J connectivity index is 1.75. The monoisotopic (exact) mass is 357 g/mol. The van der Waals surface area contributed by atoms with E-state index in [9.17, 15) is 10.1 Å². The molecule has 0 radical (unpaired) electrons. The lowest BCUT2D eigenvalue weighted by atomic mass is 10.1. The van der Waals surface area contributed by atoms with Crippen LogP contribution >= 0.6 is 0 Å². The van der Waals surface area contributed by atoms with Gasteiger partial charge in [0.2, 0.25) is 0 Å². The highest BCUT2D eigenvalue weighted by atomic mass is 16.6. The van der Waals surface area contributed by atoms with Crippen molar-refractivity contribution in [3.63, 3.8) is 0 Å². The van der Waals surface area contributed by atoms with Gasteiger partial charge in [-0.05, 0) is 5.56 Å². The van der Waals surface area contributed by atoms with E-state index >= 15 is 0 Å². The number of nitro groups is 1. The lowest BCUT2D eigenvalue weighted by Gasteiger charge is -2.36. The van der Waals surface area contributed by atoms with Crippen LogP contribution < -0.4 is 14.4 Å². The van der Waals surface area contributed by atoms with Gasteiger partial charge in [-0.2, -0.15) is 0 Å². The van der Waals surface area contributed by atoms with Gasteiger partial charge in [-0.25, -0.2) is 0 Å². The largest absolute Gasteiger partial charge is 0.493 e. The summed E-state index contributed by atoms with van der Waals surface area (Å²) in [5.74, 6) is 0.866. The van der Waals surface area contributed by atoms with E-state index in [2.05, 4.69) is 17.0 Å². The molecule has 1 aliphatic rings. The number of rotatable bonds is 6. The van der Waals surface area contributed by atoms with E-state index in [1.807, 2.05) is 23.1 Å². The highest BCUT2D eigenvalue weighted by Gasteiger charge is 2.26. The molecule has 0 aromatic heterocycles. The van der Waals surface area contributed by atoms with Gasteiger partial charge in [0.15, 0.2) is 11.5 Å². The van der Waals surface area contributed by atoms with Gasteiger partial charge >= 0.3 is 0 Å². The maximum atomic E-state index is 11.5. The van der Waals surface area contributed by atoms with Gasteiger partial charge in [0.05, 0.1) is 25.2 Å². The van der Waals surface area contributed by atoms with Crippen molar-refractivity contribution in [2.24, 2.45) is 0 Å². The minimum atomic E-state index is -0.367. The predicted octanol–water partition coefficient (Wildman–Crippen LogP) is 2.93. The molecular formula is C19H23N3O4. The Morgan fingerprint density at radius 3 is 2.19 bits per heavy atom. The Labute approximate surface area is 152 Å². The van der Waals surface area contributed by atoms with Gasteiger partial charge in [0.25, 0.3) is 5.69 Å². The first kappa shape index (κ1) is 18.0. The van der Waals surface area contributed by atoms with Crippen LogP contribution in [0.15, 0.2) is 42.5 Å². The number of nitrogens with zero attached hydrogens (tertiary/aromatic N) is 3. The fraction of sp³-hybridized carbons (Fsp3) is 0.368. The average Bonchev–Trinajstić information content (AvgIpc) is 2.68. The third-order valence-corrected chi connectivity index (χ3v) is 4.64. The van der Waals surface area contributed by atoms with Crippen LogP contribution in [0.25, 0.3) is 0 Å². The normalized spacial score (nSPS) is 14.9. The number of methoxy groups -OCH3 is 2. The molecule has 1 heterocycles. The van der Waals surface area contributed by atoms with Crippen LogP contribution in [0.1, 0.15) is 5.56 Å². The summed E-state index contributed by atoms with van der Waals surface area (Å²) in [5, 5.41) is 11.5. The zero-order valence-corrected chi connectivity index (χ0v) is 15.1. The van der Waals surface area contributed by atoms with Gasteiger partial charge in [0, 0.05) is 38.8 Å². The first-order valence-corrected chi connectivity index (χ1v) is 8.54. The number of anilines is 1. The third-order valence-electron chi connectivity index (χ3n) is 4.64. The molecular weight excluding hydrogens is 334 g/mol. The number of benzene rings is 2. The molecule has 0 unspecified atom stereocenters. The summed E-state index contributed by atoms with van der Waals surface area (Å²) in [4.78, 5) is 15.5. The molecule has 7 nitrogen and oxygen atoms in total. The molecule has 138 valence electrons. The molecule has 0 spiro atoms. The lowest BCUT2D eigenvalue weighted by Crippen LogP contribution is -2.46. The SMILES string of the molecule is COc1cc(N2CCN(Cc3ccccc3)CC2)c([N+](=O)[O-])cc1OC. The molecule has 0 aliphatic carbocycles. The molecule has 1 fully saturated rings. The van der Waals surface area contributed by atoms with Gasteiger partial charge in [0.1, 0.15) is 5.69 Å². The molecule has 2 aromatic rings. The van der Waals surface area contributed by atoms with Crippen LogP contribution in [0.4, 0.5) is 11.4 Å². The number of piperazine rings is 1. The Morgan fingerprint density at radius 2 is 1.62 bits per heavy atom. The van der Waals surface area contributed by atoms with Gasteiger partial charge < -0.3 is 14.4 Å². The van der Waals surface area contributed by atoms with Crippen molar-refractivity contribution < 1.29 is 14.4 Å². The van der Waals surface area contributed by atoms with Crippen LogP contribution in [0.5, 0.6) is 11.5 Å². The van der Waals surface area contributed by atoms with E-state index in [0.29, 0.717) is 17.2 Å². The summed E-state index contributed by atoms with van der Waals surface area (Å²) in [6.07, 6.45) is 0. The Hall–Kier alpha value is -2.80. The molecule has 0 amide bonds. The van der Waals surface area contributed by atoms with E-state index in [-0.39, 0.29) is 10.6 Å². The average molecular weight is 357 g/mol. The van der Waals surface area contributed by atoms with Crippen molar-refractivity contribution in [3.05, 3.63) is 58.1 Å². The second kappa shape index (κ2) is 8.05. The summed E-state index contributed by atoms with van der Waals surface area (Å²) < 4.78 is 10.5. The van der Waals surface area contributed by atoms with Crippen LogP contribution in [-0.2, 0) is 6.54 Å². The third kappa shape index (κ3) is 3.88. The minimum Gasteiger partial charge on any atom is -0.493 e. The van der Waals surface area contributed by atoms with Crippen LogP contribution in [0.2, 0.25) is 0 Å². The quantitative estimate of drug-likeness (QED) is 0.585. The second-order valence-corrected chi connectivity index (χ2v) is 6.20. The van der Waals surface area contributed by atoms with Crippen molar-refractivity contribution in [3.8, 4) is 11.5 Å². The van der Waals surface area contributed by atoms with Crippen molar-refractivity contribution in [1.29, 1.82) is 0 Å². The molecule has 26 heavy (non-hydrogen) atoms. The molecule has 7 heteroatoms. The zero-order chi connectivity index (χ0) is 18.5. The smallest absolute Gasteiger partial charge is 0.296 e. The first-order valence-electron chi connectivity index (χ1n) is 8.54. The molecule has 0 N–H and O–H groups in total. The Bertz CT molecular complexity index is 759. The molecule has 2 aromatic carbocycles.